The molecule has 2 N–H and O–H groups in total. The predicted molar refractivity (Wildman–Crippen MR) is 97.3 cm³/mol. The number of hydrogen-bond acceptors (Lipinski definition) is 7. The van der Waals surface area contributed by atoms with Gasteiger partial charge in [-0.2, -0.15) is 0 Å². The number of carbonyl (C=O) groups excluding carboxylic acids is 1. The van der Waals surface area contributed by atoms with Gasteiger partial charge in [0.1, 0.15) is 24.4 Å². The van der Waals surface area contributed by atoms with E-state index in [9.17, 15) is 15.0 Å². The molecule has 2 saturated heterocycles. The molecule has 2 bridgehead atoms. The molecule has 7 heteroatoms. The Labute approximate surface area is 162 Å². The molecule has 2 aliphatic rings. The molecule has 7 nitrogen and oxygen atoms in total. The molecule has 28 heavy (non-hydrogen) atoms. The molecular weight excluding hydrogens is 364 g/mol. The molecule has 6 atom stereocenters. The second-order valence-corrected chi connectivity index (χ2v) is 6.86. The summed E-state index contributed by atoms with van der Waals surface area (Å²) in [5, 5.41) is 21.0. The number of ether oxygens (including phenoxy) is 4. The minimum Gasteiger partial charge on any atom is -0.453 e. The van der Waals surface area contributed by atoms with Crippen molar-refractivity contribution in [3.63, 3.8) is 0 Å². The summed E-state index contributed by atoms with van der Waals surface area (Å²) in [6.07, 6.45) is -5.97. The first kappa shape index (κ1) is 19.0. The van der Waals surface area contributed by atoms with Gasteiger partial charge in [-0.1, -0.05) is 48.5 Å². The molecule has 2 aliphatic heterocycles. The molecular formula is C21H22O7. The zero-order valence-electron chi connectivity index (χ0n) is 15.1. The Morgan fingerprint density at radius 3 is 2.32 bits per heavy atom. The minimum absolute atomic E-state index is 0.180. The first-order valence-corrected chi connectivity index (χ1v) is 9.18. The van der Waals surface area contributed by atoms with Crippen LogP contribution in [0.4, 0.5) is 0 Å². The van der Waals surface area contributed by atoms with Crippen LogP contribution in [0.25, 0.3) is 0 Å². The average molecular weight is 386 g/mol. The van der Waals surface area contributed by atoms with Crippen molar-refractivity contribution < 1.29 is 34.0 Å². The highest BCUT2D eigenvalue weighted by atomic mass is 16.8. The second-order valence-electron chi connectivity index (χ2n) is 6.86. The first-order valence-electron chi connectivity index (χ1n) is 9.18. The lowest BCUT2D eigenvalue weighted by molar-refractivity contribution is -0.228. The van der Waals surface area contributed by atoms with Crippen LogP contribution in [0.2, 0.25) is 0 Å². The van der Waals surface area contributed by atoms with Gasteiger partial charge in [-0.25, -0.2) is 4.79 Å². The molecule has 2 aromatic rings. The summed E-state index contributed by atoms with van der Waals surface area (Å²) < 4.78 is 22.3. The van der Waals surface area contributed by atoms with Crippen LogP contribution in [0.3, 0.4) is 0 Å². The van der Waals surface area contributed by atoms with Gasteiger partial charge < -0.3 is 29.2 Å². The predicted octanol–water partition coefficient (Wildman–Crippen LogP) is 1.27. The van der Waals surface area contributed by atoms with E-state index < -0.39 is 42.8 Å². The van der Waals surface area contributed by atoms with Gasteiger partial charge in [-0.15, -0.1) is 0 Å². The highest BCUT2D eigenvalue weighted by Crippen LogP contribution is 2.34. The van der Waals surface area contributed by atoms with Crippen LogP contribution < -0.4 is 0 Å². The Morgan fingerprint density at radius 2 is 1.61 bits per heavy atom. The van der Waals surface area contributed by atoms with Gasteiger partial charge in [0.2, 0.25) is 0 Å². The topological polar surface area (TPSA) is 94.5 Å². The fraction of sp³-hybridized carbons (Fsp3) is 0.381. The largest absolute Gasteiger partial charge is 0.453 e. The van der Waals surface area contributed by atoms with E-state index in [-0.39, 0.29) is 6.61 Å². The molecule has 2 fully saturated rings. The lowest BCUT2D eigenvalue weighted by Gasteiger charge is -2.35. The third kappa shape index (κ3) is 3.94. The lowest BCUT2D eigenvalue weighted by atomic mass is 9.97. The normalized spacial score (nSPS) is 31.5. The van der Waals surface area contributed by atoms with Gasteiger partial charge in [-0.3, -0.25) is 0 Å². The number of rotatable bonds is 6. The van der Waals surface area contributed by atoms with Crippen molar-refractivity contribution >= 4 is 5.97 Å². The summed E-state index contributed by atoms with van der Waals surface area (Å²) in [7, 11) is 0. The summed E-state index contributed by atoms with van der Waals surface area (Å²) in [6.45, 7) is 0.572. The van der Waals surface area contributed by atoms with Crippen molar-refractivity contribution in [1.82, 2.24) is 0 Å². The van der Waals surface area contributed by atoms with Crippen LogP contribution >= 0.6 is 0 Å². The van der Waals surface area contributed by atoms with Crippen LogP contribution in [-0.2, 0) is 25.6 Å². The number of aliphatic hydroxyl groups excluding tert-OH is 2. The second kappa shape index (κ2) is 8.38. The lowest BCUT2D eigenvalue weighted by Crippen LogP contribution is -2.56. The fourth-order valence-electron chi connectivity index (χ4n) is 3.44. The third-order valence-electron chi connectivity index (χ3n) is 4.90. The van der Waals surface area contributed by atoms with Crippen LogP contribution in [0.15, 0.2) is 60.7 Å². The highest BCUT2D eigenvalue weighted by molar-refractivity contribution is 5.89. The molecule has 2 heterocycles. The Hall–Kier alpha value is -2.29. The molecule has 0 spiro atoms. The molecule has 0 radical (unpaired) electrons. The SMILES string of the molecule is O=C(O[C@H]1[C@@H](O)[C@@H]2O[C@@H](O[C@H]2COCc2ccccc2)[C@@H]1O)c1ccccc1. The van der Waals surface area contributed by atoms with Gasteiger partial charge in [0, 0.05) is 0 Å². The minimum atomic E-state index is -1.29. The van der Waals surface area contributed by atoms with Crippen molar-refractivity contribution in [2.75, 3.05) is 6.61 Å². The highest BCUT2D eigenvalue weighted by Gasteiger charge is 2.55. The summed E-state index contributed by atoms with van der Waals surface area (Å²) in [4.78, 5) is 12.3. The molecule has 4 rings (SSSR count). The van der Waals surface area contributed by atoms with E-state index in [0.717, 1.165) is 5.56 Å². The van der Waals surface area contributed by atoms with Crippen molar-refractivity contribution in [2.24, 2.45) is 0 Å². The van der Waals surface area contributed by atoms with E-state index in [1.807, 2.05) is 30.3 Å². The maximum atomic E-state index is 12.3. The summed E-state index contributed by atoms with van der Waals surface area (Å²) in [6, 6.07) is 18.1. The maximum Gasteiger partial charge on any atom is 0.338 e. The maximum absolute atomic E-state index is 12.3. The number of fused-ring (bicyclic) bond motifs is 2. The number of carbonyl (C=O) groups is 1. The Bertz CT molecular complexity index is 782. The van der Waals surface area contributed by atoms with E-state index >= 15 is 0 Å². The van der Waals surface area contributed by atoms with E-state index in [1.54, 1.807) is 30.3 Å². The van der Waals surface area contributed by atoms with E-state index in [0.29, 0.717) is 12.2 Å². The van der Waals surface area contributed by atoms with E-state index in [2.05, 4.69) is 0 Å². The van der Waals surface area contributed by atoms with Crippen molar-refractivity contribution in [3.05, 3.63) is 71.8 Å². The standard InChI is InChI=1S/C21H22O7/c22-16-18-15(12-25-11-13-7-3-1-4-8-13)26-21(28-18)17(23)19(16)27-20(24)14-9-5-2-6-10-14/h1-10,15-19,21-23H,11-12H2/t15-,16-,17+,18+,19-,21+/m0/s1. The van der Waals surface area contributed by atoms with E-state index in [1.165, 1.54) is 0 Å². The zero-order valence-corrected chi connectivity index (χ0v) is 15.1. The quantitative estimate of drug-likeness (QED) is 0.722. The molecule has 0 amide bonds. The van der Waals surface area contributed by atoms with E-state index in [4.69, 9.17) is 18.9 Å². The Kier molecular flexibility index (Phi) is 5.70. The van der Waals surface area contributed by atoms with Gasteiger partial charge >= 0.3 is 5.97 Å². The van der Waals surface area contributed by atoms with Crippen LogP contribution in [-0.4, -0.2) is 59.6 Å². The number of benzene rings is 2. The van der Waals surface area contributed by atoms with Gasteiger partial charge in [0.15, 0.2) is 12.4 Å². The van der Waals surface area contributed by atoms with Crippen LogP contribution in [0.5, 0.6) is 0 Å². The molecule has 0 aromatic heterocycles. The number of esters is 1. The Morgan fingerprint density at radius 1 is 0.929 bits per heavy atom. The number of hydrogen-bond donors (Lipinski definition) is 2. The third-order valence-corrected chi connectivity index (χ3v) is 4.90. The smallest absolute Gasteiger partial charge is 0.338 e. The summed E-state index contributed by atoms with van der Waals surface area (Å²) in [5.74, 6) is -0.623. The van der Waals surface area contributed by atoms with Crippen molar-refractivity contribution in [2.45, 2.75) is 43.4 Å². The fourth-order valence-corrected chi connectivity index (χ4v) is 3.44. The van der Waals surface area contributed by atoms with Crippen LogP contribution in [0.1, 0.15) is 15.9 Å². The Balaban J connectivity index is 1.37. The number of aliphatic hydroxyl groups is 2. The zero-order chi connectivity index (χ0) is 19.5. The van der Waals surface area contributed by atoms with Crippen molar-refractivity contribution in [3.8, 4) is 0 Å². The molecule has 2 aromatic carbocycles. The first-order chi connectivity index (χ1) is 13.6. The van der Waals surface area contributed by atoms with Crippen LogP contribution in [0, 0.1) is 0 Å². The monoisotopic (exact) mass is 386 g/mol. The average Bonchev–Trinajstić information content (AvgIpc) is 3.12. The molecule has 0 unspecified atom stereocenters. The van der Waals surface area contributed by atoms with Gasteiger partial charge in [-0.05, 0) is 17.7 Å². The van der Waals surface area contributed by atoms with Crippen molar-refractivity contribution in [1.29, 1.82) is 0 Å². The molecule has 148 valence electrons. The van der Waals surface area contributed by atoms with Gasteiger partial charge in [0.25, 0.3) is 0 Å². The summed E-state index contributed by atoms with van der Waals surface area (Å²) >= 11 is 0. The van der Waals surface area contributed by atoms with Gasteiger partial charge in [0.05, 0.1) is 18.8 Å². The summed E-state index contributed by atoms with van der Waals surface area (Å²) in [5.41, 5.74) is 1.35. The molecule has 0 saturated carbocycles. The molecule has 0 aliphatic carbocycles.